The van der Waals surface area contributed by atoms with Crippen molar-refractivity contribution in [3.8, 4) is 0 Å². The first-order chi connectivity index (χ1) is 15.9. The van der Waals surface area contributed by atoms with Crippen LogP contribution in [-0.4, -0.2) is 43.4 Å². The zero-order valence-corrected chi connectivity index (χ0v) is 22.1. The standard InChI is InChI=1S/C25H34ClN3O4S/c1-6-29(19-7-9-20(10-8-19)34(5,32)33)23-13-18(26)12-21(17(23)4)24(30)27-14-22-15(2)11-16(3)28-25(22)31/h11-13,19-20H,6-10,14H2,1-5H3,(H,27,30)(H,28,31)/t19-,20+. The second-order valence-corrected chi connectivity index (χ2v) is 12.0. The molecule has 1 fully saturated rings. The van der Waals surface area contributed by atoms with E-state index in [9.17, 15) is 18.0 Å². The predicted molar refractivity (Wildman–Crippen MR) is 138 cm³/mol. The number of aryl methyl sites for hydroxylation is 2. The molecule has 7 nitrogen and oxygen atoms in total. The number of halogens is 1. The molecular formula is C25H34ClN3O4S. The van der Waals surface area contributed by atoms with Gasteiger partial charge in [-0.2, -0.15) is 0 Å². The largest absolute Gasteiger partial charge is 0.369 e. The van der Waals surface area contributed by atoms with Crippen LogP contribution in [0.1, 0.15) is 65.3 Å². The zero-order chi connectivity index (χ0) is 25.2. The summed E-state index contributed by atoms with van der Waals surface area (Å²) in [6.45, 7) is 8.46. The molecule has 34 heavy (non-hydrogen) atoms. The molecule has 2 N–H and O–H groups in total. The number of amides is 1. The third-order valence-electron chi connectivity index (χ3n) is 6.85. The van der Waals surface area contributed by atoms with Crippen molar-refractivity contribution in [2.45, 2.75) is 71.2 Å². The number of sulfone groups is 1. The van der Waals surface area contributed by atoms with Crippen LogP contribution in [-0.2, 0) is 16.4 Å². The van der Waals surface area contributed by atoms with E-state index in [1.807, 2.05) is 32.9 Å². The maximum absolute atomic E-state index is 13.1. The van der Waals surface area contributed by atoms with E-state index >= 15 is 0 Å². The Kier molecular flexibility index (Phi) is 8.14. The van der Waals surface area contributed by atoms with E-state index in [4.69, 9.17) is 11.6 Å². The van der Waals surface area contributed by atoms with E-state index in [0.29, 0.717) is 35.5 Å². The summed E-state index contributed by atoms with van der Waals surface area (Å²) >= 11 is 6.43. The van der Waals surface area contributed by atoms with Gasteiger partial charge in [-0.05, 0) is 82.7 Å². The number of aromatic nitrogens is 1. The number of benzene rings is 1. The fraction of sp³-hybridized carbons (Fsp3) is 0.520. The van der Waals surface area contributed by atoms with Crippen LogP contribution >= 0.6 is 11.6 Å². The normalized spacial score (nSPS) is 18.5. The van der Waals surface area contributed by atoms with Crippen LogP contribution in [0, 0.1) is 20.8 Å². The molecule has 0 saturated heterocycles. The molecule has 186 valence electrons. The van der Waals surface area contributed by atoms with Crippen LogP contribution in [0.4, 0.5) is 5.69 Å². The predicted octanol–water partition coefficient (Wildman–Crippen LogP) is 4.07. The van der Waals surface area contributed by atoms with E-state index in [2.05, 4.69) is 22.1 Å². The molecule has 0 spiro atoms. The number of pyridine rings is 1. The number of nitrogens with zero attached hydrogens (tertiary/aromatic N) is 1. The van der Waals surface area contributed by atoms with Gasteiger partial charge in [-0.25, -0.2) is 8.42 Å². The van der Waals surface area contributed by atoms with Crippen LogP contribution in [0.3, 0.4) is 0 Å². The second kappa shape index (κ2) is 10.5. The summed E-state index contributed by atoms with van der Waals surface area (Å²) in [5.41, 5.74) is 4.08. The first-order valence-corrected chi connectivity index (χ1v) is 14.0. The van der Waals surface area contributed by atoms with E-state index in [0.717, 1.165) is 35.3 Å². The van der Waals surface area contributed by atoms with Crippen molar-refractivity contribution in [3.63, 3.8) is 0 Å². The first kappa shape index (κ1) is 26.3. The Morgan fingerprint density at radius 3 is 2.35 bits per heavy atom. The number of carbonyl (C=O) groups is 1. The quantitative estimate of drug-likeness (QED) is 0.588. The maximum Gasteiger partial charge on any atom is 0.253 e. The maximum atomic E-state index is 13.1. The van der Waals surface area contributed by atoms with Gasteiger partial charge >= 0.3 is 0 Å². The number of aromatic amines is 1. The molecule has 1 heterocycles. The van der Waals surface area contributed by atoms with Crippen molar-refractivity contribution >= 4 is 33.0 Å². The van der Waals surface area contributed by atoms with Gasteiger partial charge in [0.15, 0.2) is 0 Å². The summed E-state index contributed by atoms with van der Waals surface area (Å²) in [5, 5.41) is 3.04. The van der Waals surface area contributed by atoms with Crippen molar-refractivity contribution in [1.29, 1.82) is 0 Å². The van der Waals surface area contributed by atoms with Crippen LogP contribution in [0.5, 0.6) is 0 Å². The van der Waals surface area contributed by atoms with Crippen LogP contribution < -0.4 is 15.8 Å². The highest BCUT2D eigenvalue weighted by Crippen LogP contribution is 2.34. The summed E-state index contributed by atoms with van der Waals surface area (Å²) in [4.78, 5) is 30.4. The average Bonchev–Trinajstić information content (AvgIpc) is 2.75. The molecule has 1 aliphatic carbocycles. The summed E-state index contributed by atoms with van der Waals surface area (Å²) < 4.78 is 23.9. The van der Waals surface area contributed by atoms with Gasteiger partial charge in [-0.3, -0.25) is 9.59 Å². The smallest absolute Gasteiger partial charge is 0.253 e. The Morgan fingerprint density at radius 2 is 1.79 bits per heavy atom. The molecule has 0 aliphatic heterocycles. The van der Waals surface area contributed by atoms with E-state index in [1.165, 1.54) is 6.26 Å². The summed E-state index contributed by atoms with van der Waals surface area (Å²) in [5.74, 6) is -0.294. The minimum Gasteiger partial charge on any atom is -0.369 e. The average molecular weight is 508 g/mol. The lowest BCUT2D eigenvalue weighted by Gasteiger charge is -2.38. The molecule has 2 aromatic rings. The molecule has 9 heteroatoms. The van der Waals surface area contributed by atoms with Gasteiger partial charge in [0.25, 0.3) is 11.5 Å². The summed E-state index contributed by atoms with van der Waals surface area (Å²) in [6, 6.07) is 5.58. The van der Waals surface area contributed by atoms with Crippen LogP contribution in [0.25, 0.3) is 0 Å². The lowest BCUT2D eigenvalue weighted by atomic mass is 9.92. The molecule has 0 atom stereocenters. The third kappa shape index (κ3) is 5.84. The second-order valence-electron chi connectivity index (χ2n) is 9.27. The number of hydrogen-bond acceptors (Lipinski definition) is 5. The van der Waals surface area contributed by atoms with Crippen molar-refractivity contribution in [3.05, 3.63) is 61.5 Å². The van der Waals surface area contributed by atoms with E-state index in [-0.39, 0.29) is 29.3 Å². The summed E-state index contributed by atoms with van der Waals surface area (Å²) in [6.07, 6.45) is 4.13. The van der Waals surface area contributed by atoms with Crippen LogP contribution in [0.2, 0.25) is 5.02 Å². The Bertz CT molecular complexity index is 1230. The van der Waals surface area contributed by atoms with Crippen molar-refractivity contribution < 1.29 is 13.2 Å². The molecule has 1 aromatic heterocycles. The Hall–Kier alpha value is -2.32. The minimum atomic E-state index is -3.03. The number of anilines is 1. The SMILES string of the molecule is CCN(c1cc(Cl)cc(C(=O)NCc2c(C)cc(C)[nH]c2=O)c1C)[C@H]1CC[C@@H](S(C)(=O)=O)CC1. The number of rotatable bonds is 7. The number of H-pyrrole nitrogens is 1. The fourth-order valence-electron chi connectivity index (χ4n) is 4.97. The van der Waals surface area contributed by atoms with Gasteiger partial charge in [0.05, 0.1) is 5.25 Å². The molecule has 1 saturated carbocycles. The Balaban J connectivity index is 1.82. The fourth-order valence-corrected chi connectivity index (χ4v) is 6.32. The highest BCUT2D eigenvalue weighted by molar-refractivity contribution is 7.91. The molecule has 1 aliphatic rings. The van der Waals surface area contributed by atoms with Gasteiger partial charge in [-0.1, -0.05) is 11.6 Å². The minimum absolute atomic E-state index is 0.120. The number of carbonyl (C=O) groups excluding carboxylic acids is 1. The molecule has 0 unspecified atom stereocenters. The third-order valence-corrected chi connectivity index (χ3v) is 8.75. The highest BCUT2D eigenvalue weighted by atomic mass is 35.5. The van der Waals surface area contributed by atoms with Crippen molar-refractivity contribution in [1.82, 2.24) is 10.3 Å². The van der Waals surface area contributed by atoms with E-state index < -0.39 is 9.84 Å². The topological polar surface area (TPSA) is 99.3 Å². The van der Waals surface area contributed by atoms with Gasteiger partial charge in [-0.15, -0.1) is 0 Å². The van der Waals surface area contributed by atoms with Gasteiger partial charge < -0.3 is 15.2 Å². The highest BCUT2D eigenvalue weighted by Gasteiger charge is 2.31. The zero-order valence-electron chi connectivity index (χ0n) is 20.5. The van der Waals surface area contributed by atoms with Gasteiger partial charge in [0, 0.05) is 52.9 Å². The Labute approximate surface area is 206 Å². The molecule has 1 aromatic carbocycles. The molecule has 1 amide bonds. The lowest BCUT2D eigenvalue weighted by molar-refractivity contribution is 0.0950. The first-order valence-electron chi connectivity index (χ1n) is 11.7. The number of hydrogen-bond donors (Lipinski definition) is 2. The molecular weight excluding hydrogens is 474 g/mol. The number of nitrogens with one attached hydrogen (secondary N) is 2. The van der Waals surface area contributed by atoms with Gasteiger partial charge in [0.1, 0.15) is 9.84 Å². The monoisotopic (exact) mass is 507 g/mol. The van der Waals surface area contributed by atoms with Crippen molar-refractivity contribution in [2.24, 2.45) is 0 Å². The molecule has 0 radical (unpaired) electrons. The van der Waals surface area contributed by atoms with Crippen molar-refractivity contribution in [2.75, 3.05) is 17.7 Å². The van der Waals surface area contributed by atoms with Crippen LogP contribution in [0.15, 0.2) is 23.0 Å². The summed E-state index contributed by atoms with van der Waals surface area (Å²) in [7, 11) is -3.03. The molecule has 0 bridgehead atoms. The van der Waals surface area contributed by atoms with Gasteiger partial charge in [0.2, 0.25) is 0 Å². The lowest BCUT2D eigenvalue weighted by Crippen LogP contribution is -2.41. The van der Waals surface area contributed by atoms with E-state index in [1.54, 1.807) is 6.07 Å². The Morgan fingerprint density at radius 1 is 1.15 bits per heavy atom. The molecule has 3 rings (SSSR count).